The zero-order valence-corrected chi connectivity index (χ0v) is 13.8. The monoisotopic (exact) mass is 324 g/mol. The van der Waals surface area contributed by atoms with Crippen LogP contribution in [-0.2, 0) is 16.0 Å². The van der Waals surface area contributed by atoms with E-state index in [9.17, 15) is 9.59 Å². The zero-order valence-electron chi connectivity index (χ0n) is 13.8. The molecule has 1 aliphatic rings. The van der Waals surface area contributed by atoms with Gasteiger partial charge in [0.05, 0.1) is 19.2 Å². The van der Waals surface area contributed by atoms with E-state index in [1.54, 1.807) is 24.3 Å². The summed E-state index contributed by atoms with van der Waals surface area (Å²) in [4.78, 5) is 26.1. The molecule has 0 fully saturated rings. The summed E-state index contributed by atoms with van der Waals surface area (Å²) in [5.41, 5.74) is 3.38. The van der Waals surface area contributed by atoms with Gasteiger partial charge in [-0.15, -0.1) is 0 Å². The van der Waals surface area contributed by atoms with E-state index < -0.39 is 5.97 Å². The second-order valence-corrected chi connectivity index (χ2v) is 5.93. The van der Waals surface area contributed by atoms with E-state index in [2.05, 4.69) is 23.2 Å². The molecule has 0 spiro atoms. The van der Waals surface area contributed by atoms with Crippen molar-refractivity contribution in [1.82, 2.24) is 0 Å². The first-order valence-corrected chi connectivity index (χ1v) is 7.91. The molecule has 0 aliphatic carbocycles. The molecule has 1 atom stereocenters. The number of para-hydroxylation sites is 1. The zero-order chi connectivity index (χ0) is 17.1. The fourth-order valence-corrected chi connectivity index (χ4v) is 3.07. The van der Waals surface area contributed by atoms with Crippen molar-refractivity contribution in [1.29, 1.82) is 0 Å². The molecular weight excluding hydrogens is 304 g/mol. The molecule has 124 valence electrons. The summed E-state index contributed by atoms with van der Waals surface area (Å²) in [7, 11) is 1.33. The van der Waals surface area contributed by atoms with Gasteiger partial charge in [-0.25, -0.2) is 4.79 Å². The summed E-state index contributed by atoms with van der Waals surface area (Å²) in [6.45, 7) is 2.39. The number of carbonyl (C=O) groups is 2. The normalized spacial score (nSPS) is 15.8. The number of carbonyl (C=O) groups excluding carboxylic acids is 2. The van der Waals surface area contributed by atoms with Gasteiger partial charge >= 0.3 is 5.97 Å². The van der Waals surface area contributed by atoms with Crippen LogP contribution >= 0.6 is 0 Å². The first kappa shape index (κ1) is 16.1. The Bertz CT molecular complexity index is 773. The third-order valence-corrected chi connectivity index (χ3v) is 4.23. The summed E-state index contributed by atoms with van der Waals surface area (Å²) in [6, 6.07) is 15.2. The van der Waals surface area contributed by atoms with Crippen LogP contribution in [0.1, 0.15) is 22.8 Å². The number of hydrogen-bond donors (Lipinski definition) is 1. The molecule has 0 aromatic heterocycles. The van der Waals surface area contributed by atoms with E-state index in [4.69, 9.17) is 4.74 Å². The van der Waals surface area contributed by atoms with Gasteiger partial charge in [-0.3, -0.25) is 4.79 Å². The molecule has 1 heterocycles. The van der Waals surface area contributed by atoms with E-state index in [1.807, 2.05) is 18.2 Å². The summed E-state index contributed by atoms with van der Waals surface area (Å²) >= 11 is 0. The van der Waals surface area contributed by atoms with Gasteiger partial charge in [-0.05, 0) is 43.2 Å². The number of nitrogens with one attached hydrogen (secondary N) is 1. The van der Waals surface area contributed by atoms with Gasteiger partial charge in [0.2, 0.25) is 5.91 Å². The average Bonchev–Trinajstić information content (AvgIpc) is 2.90. The maximum atomic E-state index is 12.4. The highest BCUT2D eigenvalue weighted by molar-refractivity contribution is 5.96. The number of anilines is 2. The largest absolute Gasteiger partial charge is 0.465 e. The van der Waals surface area contributed by atoms with Gasteiger partial charge in [0.1, 0.15) is 0 Å². The fraction of sp³-hybridized carbons (Fsp3) is 0.263. The topological polar surface area (TPSA) is 58.6 Å². The highest BCUT2D eigenvalue weighted by Crippen LogP contribution is 2.31. The van der Waals surface area contributed by atoms with Crippen LogP contribution in [0.2, 0.25) is 0 Å². The van der Waals surface area contributed by atoms with Crippen molar-refractivity contribution in [3.05, 3.63) is 59.7 Å². The number of esters is 1. The summed E-state index contributed by atoms with van der Waals surface area (Å²) in [5.74, 6) is -0.534. The van der Waals surface area contributed by atoms with E-state index in [1.165, 1.54) is 12.7 Å². The predicted octanol–water partition coefficient (Wildman–Crippen LogP) is 2.86. The van der Waals surface area contributed by atoms with Crippen LogP contribution in [-0.4, -0.2) is 31.6 Å². The van der Waals surface area contributed by atoms with Gasteiger partial charge in [-0.1, -0.05) is 24.3 Å². The molecule has 0 saturated carbocycles. The van der Waals surface area contributed by atoms with E-state index >= 15 is 0 Å². The molecule has 1 aliphatic heterocycles. The average molecular weight is 324 g/mol. The lowest BCUT2D eigenvalue weighted by molar-refractivity contribution is -0.115. The Morgan fingerprint density at radius 1 is 1.21 bits per heavy atom. The van der Waals surface area contributed by atoms with Crippen LogP contribution in [0.5, 0.6) is 0 Å². The van der Waals surface area contributed by atoms with E-state index in [0.29, 0.717) is 11.3 Å². The number of benzene rings is 2. The van der Waals surface area contributed by atoms with Crippen molar-refractivity contribution in [2.75, 3.05) is 23.9 Å². The number of hydrogen-bond acceptors (Lipinski definition) is 4. The maximum absolute atomic E-state index is 12.4. The van der Waals surface area contributed by atoms with Crippen LogP contribution < -0.4 is 10.2 Å². The van der Waals surface area contributed by atoms with Crippen molar-refractivity contribution in [3.8, 4) is 0 Å². The molecule has 0 bridgehead atoms. The molecule has 1 N–H and O–H groups in total. The Labute approximate surface area is 141 Å². The van der Waals surface area contributed by atoms with Gasteiger partial charge in [0.15, 0.2) is 0 Å². The second-order valence-electron chi connectivity index (χ2n) is 5.93. The number of methoxy groups -OCH3 is 1. The molecule has 0 radical (unpaired) electrons. The standard InChI is InChI=1S/C19H20N2O3/c1-13-10-14-6-3-4-9-17(14)21(13)12-18(22)20-16-8-5-7-15(11-16)19(23)24-2/h3-9,11,13H,10,12H2,1-2H3,(H,20,22). The van der Waals surface area contributed by atoms with Crippen molar-refractivity contribution in [3.63, 3.8) is 0 Å². The molecule has 5 heteroatoms. The van der Waals surface area contributed by atoms with Crippen molar-refractivity contribution in [2.45, 2.75) is 19.4 Å². The van der Waals surface area contributed by atoms with Gasteiger partial charge in [0, 0.05) is 17.4 Å². The molecule has 2 aromatic carbocycles. The van der Waals surface area contributed by atoms with Crippen LogP contribution in [0.4, 0.5) is 11.4 Å². The third-order valence-electron chi connectivity index (χ3n) is 4.23. The first-order valence-electron chi connectivity index (χ1n) is 7.91. The molecular formula is C19H20N2O3. The summed E-state index contributed by atoms with van der Waals surface area (Å²) in [6.07, 6.45) is 0.946. The van der Waals surface area contributed by atoms with E-state index in [-0.39, 0.29) is 18.5 Å². The second kappa shape index (κ2) is 6.74. The molecule has 5 nitrogen and oxygen atoms in total. The fourth-order valence-electron chi connectivity index (χ4n) is 3.07. The third kappa shape index (κ3) is 3.25. The lowest BCUT2D eigenvalue weighted by Crippen LogP contribution is -2.37. The number of rotatable bonds is 4. The van der Waals surface area contributed by atoms with Gasteiger partial charge < -0.3 is 15.0 Å². The Hall–Kier alpha value is -2.82. The lowest BCUT2D eigenvalue weighted by Gasteiger charge is -2.24. The Balaban J connectivity index is 1.69. The Kier molecular flexibility index (Phi) is 4.51. The molecule has 3 rings (SSSR count). The van der Waals surface area contributed by atoms with Crippen LogP contribution in [0.25, 0.3) is 0 Å². The molecule has 24 heavy (non-hydrogen) atoms. The first-order chi connectivity index (χ1) is 11.6. The minimum absolute atomic E-state index is 0.111. The lowest BCUT2D eigenvalue weighted by atomic mass is 10.1. The Morgan fingerprint density at radius 2 is 2.00 bits per heavy atom. The van der Waals surface area contributed by atoms with Crippen LogP contribution in [0.3, 0.4) is 0 Å². The summed E-state index contributed by atoms with van der Waals surface area (Å²) < 4.78 is 4.70. The van der Waals surface area contributed by atoms with Crippen molar-refractivity contribution >= 4 is 23.3 Å². The number of amides is 1. The molecule has 0 saturated heterocycles. The van der Waals surface area contributed by atoms with Crippen molar-refractivity contribution < 1.29 is 14.3 Å². The quantitative estimate of drug-likeness (QED) is 0.879. The Morgan fingerprint density at radius 3 is 2.79 bits per heavy atom. The maximum Gasteiger partial charge on any atom is 0.337 e. The highest BCUT2D eigenvalue weighted by Gasteiger charge is 2.27. The minimum Gasteiger partial charge on any atom is -0.465 e. The SMILES string of the molecule is COC(=O)c1cccc(NC(=O)CN2c3ccccc3CC2C)c1. The minimum atomic E-state index is -0.423. The predicted molar refractivity (Wildman–Crippen MR) is 93.4 cm³/mol. The smallest absolute Gasteiger partial charge is 0.337 e. The van der Waals surface area contributed by atoms with Crippen LogP contribution in [0, 0.1) is 0 Å². The van der Waals surface area contributed by atoms with Crippen LogP contribution in [0.15, 0.2) is 48.5 Å². The molecule has 1 amide bonds. The van der Waals surface area contributed by atoms with Gasteiger partial charge in [0.25, 0.3) is 0 Å². The molecule has 2 aromatic rings. The summed E-state index contributed by atoms with van der Waals surface area (Å²) in [5, 5.41) is 2.85. The van der Waals surface area contributed by atoms with E-state index in [0.717, 1.165) is 12.1 Å². The number of ether oxygens (including phenoxy) is 1. The molecule has 1 unspecified atom stereocenters. The van der Waals surface area contributed by atoms with Gasteiger partial charge in [-0.2, -0.15) is 0 Å². The number of nitrogens with zero attached hydrogens (tertiary/aromatic N) is 1. The number of fused-ring (bicyclic) bond motifs is 1. The highest BCUT2D eigenvalue weighted by atomic mass is 16.5. The van der Waals surface area contributed by atoms with Crippen molar-refractivity contribution in [2.24, 2.45) is 0 Å².